The fourth-order valence-electron chi connectivity index (χ4n) is 1.86. The number of aryl methyl sites for hydroxylation is 2. The minimum atomic E-state index is -3.97. The summed E-state index contributed by atoms with van der Waals surface area (Å²) in [7, 11) is -3.97. The Kier molecular flexibility index (Phi) is 3.82. The number of nitrogens with zero attached hydrogens (tertiary/aromatic N) is 1. The van der Waals surface area contributed by atoms with Crippen molar-refractivity contribution >= 4 is 15.8 Å². The van der Waals surface area contributed by atoms with Crippen LogP contribution in [0.25, 0.3) is 0 Å². The Bertz CT molecular complexity index is 790. The quantitative estimate of drug-likeness (QED) is 0.928. The molecule has 1 aromatic carbocycles. The lowest BCUT2D eigenvalue weighted by Gasteiger charge is -2.06. The molecule has 0 radical (unpaired) electrons. The van der Waals surface area contributed by atoms with Gasteiger partial charge >= 0.3 is 5.97 Å². The van der Waals surface area contributed by atoms with Crippen LogP contribution in [0.3, 0.4) is 0 Å². The maximum absolute atomic E-state index is 13.9. The predicted molar refractivity (Wildman–Crippen MR) is 70.2 cm³/mol. The van der Waals surface area contributed by atoms with Crippen LogP contribution in [-0.4, -0.2) is 24.7 Å². The minimum absolute atomic E-state index is 0.316. The third kappa shape index (κ3) is 2.94. The topological polar surface area (TPSA) is 97.5 Å². The second-order valence-corrected chi connectivity index (χ2v) is 6.47. The first-order valence-corrected chi connectivity index (χ1v) is 7.55. The summed E-state index contributed by atoms with van der Waals surface area (Å²) in [6.07, 6.45) is 0. The molecule has 0 fully saturated rings. The van der Waals surface area contributed by atoms with E-state index < -0.39 is 32.3 Å². The molecular formula is C13H12FNO5S. The average Bonchev–Trinajstić information content (AvgIpc) is 2.69. The molecule has 0 spiro atoms. The minimum Gasteiger partial charge on any atom is -0.478 e. The van der Waals surface area contributed by atoms with Gasteiger partial charge in [-0.15, -0.1) is 0 Å². The number of carboxylic acid groups (broad SMARTS) is 1. The van der Waals surface area contributed by atoms with Gasteiger partial charge in [0.1, 0.15) is 16.5 Å². The van der Waals surface area contributed by atoms with Crippen LogP contribution in [0.5, 0.6) is 0 Å². The van der Waals surface area contributed by atoms with Gasteiger partial charge in [-0.05, 0) is 32.0 Å². The fourth-order valence-corrected chi connectivity index (χ4v) is 3.44. The van der Waals surface area contributed by atoms with Crippen molar-refractivity contribution < 1.29 is 27.2 Å². The summed E-state index contributed by atoms with van der Waals surface area (Å²) in [6.45, 7) is 3.15. The first kappa shape index (κ1) is 15.2. The molecule has 0 atom stereocenters. The summed E-state index contributed by atoms with van der Waals surface area (Å²) in [5.41, 5.74) is 0.471. The molecule has 1 heterocycles. The molecule has 1 aromatic heterocycles. The molecule has 112 valence electrons. The largest absolute Gasteiger partial charge is 0.478 e. The van der Waals surface area contributed by atoms with Gasteiger partial charge in [0.15, 0.2) is 9.84 Å². The summed E-state index contributed by atoms with van der Waals surface area (Å²) in [6, 6.07) is 2.68. The summed E-state index contributed by atoms with van der Waals surface area (Å²) < 4.78 is 43.2. The van der Waals surface area contributed by atoms with E-state index in [-0.39, 0.29) is 5.56 Å². The van der Waals surface area contributed by atoms with Crippen molar-refractivity contribution in [1.29, 1.82) is 0 Å². The summed E-state index contributed by atoms with van der Waals surface area (Å²) in [5, 5.41) is 12.4. The van der Waals surface area contributed by atoms with Crippen LogP contribution in [0.2, 0.25) is 0 Å². The molecule has 0 aliphatic carbocycles. The SMILES string of the molecule is Cc1noc(C)c1CS(=O)(=O)c1ccc(C(=O)O)cc1F. The van der Waals surface area contributed by atoms with Gasteiger partial charge in [0.2, 0.25) is 0 Å². The first-order chi connectivity index (χ1) is 9.72. The van der Waals surface area contributed by atoms with Crippen LogP contribution in [0.4, 0.5) is 4.39 Å². The standard InChI is InChI=1S/C13H12FNO5S/c1-7-10(8(2)20-15-7)6-21(18,19)12-4-3-9(13(16)17)5-11(12)14/h3-5H,6H2,1-2H3,(H,16,17). The summed E-state index contributed by atoms with van der Waals surface area (Å²) in [4.78, 5) is 10.2. The highest BCUT2D eigenvalue weighted by atomic mass is 32.2. The van der Waals surface area contributed by atoms with E-state index in [1.807, 2.05) is 0 Å². The molecule has 2 aromatic rings. The van der Waals surface area contributed by atoms with Crippen LogP contribution >= 0.6 is 0 Å². The molecule has 1 N–H and O–H groups in total. The number of carboxylic acids is 1. The highest BCUT2D eigenvalue weighted by Crippen LogP contribution is 2.23. The predicted octanol–water partition coefficient (Wildman–Crippen LogP) is 2.10. The molecule has 0 saturated carbocycles. The first-order valence-electron chi connectivity index (χ1n) is 5.89. The third-order valence-electron chi connectivity index (χ3n) is 3.03. The van der Waals surface area contributed by atoms with Crippen LogP contribution < -0.4 is 0 Å². The number of rotatable bonds is 4. The van der Waals surface area contributed by atoms with Crippen LogP contribution in [-0.2, 0) is 15.6 Å². The molecular weight excluding hydrogens is 301 g/mol. The molecule has 6 nitrogen and oxygen atoms in total. The van der Waals surface area contributed by atoms with Gasteiger partial charge in [-0.3, -0.25) is 0 Å². The van der Waals surface area contributed by atoms with Crippen LogP contribution in [0, 0.1) is 19.7 Å². The zero-order chi connectivity index (χ0) is 15.8. The number of sulfone groups is 1. The molecule has 2 rings (SSSR count). The van der Waals surface area contributed by atoms with Gasteiger partial charge in [-0.2, -0.15) is 0 Å². The van der Waals surface area contributed by atoms with Crippen LogP contribution in [0.1, 0.15) is 27.4 Å². The average molecular weight is 313 g/mol. The normalized spacial score (nSPS) is 11.6. The van der Waals surface area contributed by atoms with Crippen molar-refractivity contribution in [2.75, 3.05) is 0 Å². The van der Waals surface area contributed by atoms with E-state index in [1.165, 1.54) is 0 Å². The lowest BCUT2D eigenvalue weighted by molar-refractivity contribution is 0.0696. The number of aromatic nitrogens is 1. The second kappa shape index (κ2) is 5.28. The molecule has 0 saturated heterocycles. The molecule has 0 unspecified atom stereocenters. The summed E-state index contributed by atoms with van der Waals surface area (Å²) in [5.74, 6) is -2.54. The number of aromatic carboxylic acids is 1. The van der Waals surface area contributed by atoms with Crippen molar-refractivity contribution in [2.45, 2.75) is 24.5 Å². The highest BCUT2D eigenvalue weighted by Gasteiger charge is 2.24. The number of hydrogen-bond acceptors (Lipinski definition) is 5. The van der Waals surface area contributed by atoms with Gasteiger partial charge < -0.3 is 9.63 Å². The third-order valence-corrected chi connectivity index (χ3v) is 4.70. The lowest BCUT2D eigenvalue weighted by atomic mass is 10.2. The highest BCUT2D eigenvalue weighted by molar-refractivity contribution is 7.90. The van der Waals surface area contributed by atoms with Gasteiger partial charge in [-0.1, -0.05) is 5.16 Å². The molecule has 0 aliphatic rings. The van der Waals surface area contributed by atoms with E-state index in [9.17, 15) is 17.6 Å². The number of halogens is 1. The van der Waals surface area contributed by atoms with E-state index in [0.717, 1.165) is 12.1 Å². The Morgan fingerprint density at radius 2 is 2.05 bits per heavy atom. The van der Waals surface area contributed by atoms with Gasteiger partial charge in [-0.25, -0.2) is 17.6 Å². The van der Waals surface area contributed by atoms with E-state index in [0.29, 0.717) is 23.1 Å². The van der Waals surface area contributed by atoms with Gasteiger partial charge in [0.05, 0.1) is 17.0 Å². The number of hydrogen-bond donors (Lipinski definition) is 1. The number of benzene rings is 1. The monoisotopic (exact) mass is 313 g/mol. The Hall–Kier alpha value is -2.22. The van der Waals surface area contributed by atoms with Crippen molar-refractivity contribution in [3.63, 3.8) is 0 Å². The van der Waals surface area contributed by atoms with Crippen molar-refractivity contribution in [2.24, 2.45) is 0 Å². The van der Waals surface area contributed by atoms with Crippen LogP contribution in [0.15, 0.2) is 27.6 Å². The maximum Gasteiger partial charge on any atom is 0.335 e. The van der Waals surface area contributed by atoms with E-state index in [4.69, 9.17) is 9.63 Å². The fraction of sp³-hybridized carbons (Fsp3) is 0.231. The molecule has 0 aliphatic heterocycles. The molecule has 8 heteroatoms. The smallest absolute Gasteiger partial charge is 0.335 e. The number of carbonyl (C=O) groups is 1. The van der Waals surface area contributed by atoms with E-state index in [1.54, 1.807) is 13.8 Å². The zero-order valence-electron chi connectivity index (χ0n) is 11.3. The lowest BCUT2D eigenvalue weighted by Crippen LogP contribution is -2.09. The Morgan fingerprint density at radius 1 is 1.38 bits per heavy atom. The van der Waals surface area contributed by atoms with Gasteiger partial charge in [0.25, 0.3) is 0 Å². The Balaban J connectivity index is 2.43. The van der Waals surface area contributed by atoms with E-state index in [2.05, 4.69) is 5.16 Å². The Labute approximate surface area is 120 Å². The van der Waals surface area contributed by atoms with E-state index >= 15 is 0 Å². The zero-order valence-corrected chi connectivity index (χ0v) is 12.1. The molecule has 0 bridgehead atoms. The van der Waals surface area contributed by atoms with Crippen molar-refractivity contribution in [3.05, 3.63) is 46.6 Å². The molecule has 0 amide bonds. The second-order valence-electron chi connectivity index (χ2n) is 4.51. The van der Waals surface area contributed by atoms with Gasteiger partial charge in [0, 0.05) is 5.56 Å². The summed E-state index contributed by atoms with van der Waals surface area (Å²) >= 11 is 0. The Morgan fingerprint density at radius 3 is 2.52 bits per heavy atom. The van der Waals surface area contributed by atoms with Crippen molar-refractivity contribution in [1.82, 2.24) is 5.16 Å². The molecule has 21 heavy (non-hydrogen) atoms. The van der Waals surface area contributed by atoms with Crippen molar-refractivity contribution in [3.8, 4) is 0 Å². The maximum atomic E-state index is 13.9.